The summed E-state index contributed by atoms with van der Waals surface area (Å²) in [5.41, 5.74) is 0. The van der Waals surface area contributed by atoms with Gasteiger partial charge in [0, 0.05) is 62.3 Å². The van der Waals surface area contributed by atoms with Gasteiger partial charge in [-0.25, -0.2) is 0 Å². The van der Waals surface area contributed by atoms with Crippen molar-refractivity contribution >= 4 is 47.0 Å². The minimum absolute atomic E-state index is 0. The van der Waals surface area contributed by atoms with Crippen molar-refractivity contribution in [2.75, 3.05) is 0 Å². The zero-order chi connectivity index (χ0) is 3.58. The molecule has 0 aliphatic carbocycles. The molecule has 4 heteroatoms. The number of halogens is 2. The van der Waals surface area contributed by atoms with Gasteiger partial charge in [-0.3, -0.25) is 4.79 Å². The second-order valence-corrected chi connectivity index (χ2v) is 4.25. The van der Waals surface area contributed by atoms with Crippen LogP contribution in [0.25, 0.3) is 0 Å². The molecule has 0 atom stereocenters. The van der Waals surface area contributed by atoms with E-state index in [1.165, 1.54) is 0 Å². The first-order valence-corrected chi connectivity index (χ1v) is 2.74. The summed E-state index contributed by atoms with van der Waals surface area (Å²) in [5.74, 6) is 0. The quantitative estimate of drug-likeness (QED) is 0.375. The Hall–Kier alpha value is 1.65. The number of carbonyl (C=O) groups excluding carboxylic acids is 1. The minimum atomic E-state index is 0. The average Bonchev–Trinajstić information content (AvgIpc) is 0.811. The van der Waals surface area contributed by atoms with Crippen molar-refractivity contribution in [2.45, 2.75) is 0 Å². The van der Waals surface area contributed by atoms with Crippen molar-refractivity contribution < 1.29 is 21.9 Å². The van der Waals surface area contributed by atoms with Gasteiger partial charge >= 0.3 is 0 Å². The van der Waals surface area contributed by atoms with Gasteiger partial charge in [-0.05, 0) is 0 Å². The van der Waals surface area contributed by atoms with Crippen LogP contribution in [0.5, 0.6) is 0 Å². The van der Waals surface area contributed by atoms with Gasteiger partial charge in [-0.1, -0.05) is 0 Å². The summed E-state index contributed by atoms with van der Waals surface area (Å²) in [5, 5.41) is 0. The maximum Gasteiger partial charge on any atom is 0.251 e. The van der Waals surface area contributed by atoms with Gasteiger partial charge in [0.1, 0.15) is 0 Å². The molecule has 0 aromatic rings. The summed E-state index contributed by atoms with van der Waals surface area (Å²) >= 11 is 3.38. The van der Waals surface area contributed by atoms with E-state index in [1.807, 2.05) is 0 Å². The summed E-state index contributed by atoms with van der Waals surface area (Å²) in [6.07, 6.45) is 0. The number of carbonyl (C=O) groups is 1. The fourth-order valence-electron chi connectivity index (χ4n) is 0. The first kappa shape index (κ1) is 9.82. The van der Waals surface area contributed by atoms with Crippen LogP contribution in [0.2, 0.25) is 0 Å². The van der Waals surface area contributed by atoms with E-state index in [4.69, 9.17) is 0 Å². The Bertz CT molecular complexity index is 32.6. The van der Waals surface area contributed by atoms with E-state index < -0.39 is 0 Å². The van der Waals surface area contributed by atoms with Crippen molar-refractivity contribution in [3.05, 3.63) is 0 Å². The van der Waals surface area contributed by atoms with Crippen molar-refractivity contribution in [3.8, 4) is 0 Å². The second-order valence-electron chi connectivity index (χ2n) is 0.226. The molecule has 0 aliphatic rings. The fraction of sp³-hybridized carbons (Fsp3) is 0. The van der Waals surface area contributed by atoms with Gasteiger partial charge in [-0.2, -0.15) is 0 Å². The molecule has 0 unspecified atom stereocenters. The third kappa shape index (κ3) is 27.7. The maximum atomic E-state index is 9.42. The first-order chi connectivity index (χ1) is 1.73. The molecule has 1 nitrogen and oxygen atoms in total. The van der Waals surface area contributed by atoms with Gasteiger partial charge in [0.15, 0.2) is 0 Å². The maximum absolute atomic E-state index is 9.42. The largest absolute Gasteiger partial charge is 0.276 e. The van der Waals surface area contributed by atoms with E-state index in [1.54, 1.807) is 45.2 Å². The van der Waals surface area contributed by atoms with Crippen LogP contribution < -0.4 is 0 Å². The van der Waals surface area contributed by atoms with E-state index in [-0.39, 0.29) is 18.9 Å². The number of hydrogen-bond acceptors (Lipinski definition) is 1. The Kier molecular flexibility index (Phi) is 11.1. The van der Waals surface area contributed by atoms with Gasteiger partial charge in [0.05, 0.1) is 0 Å². The van der Waals surface area contributed by atoms with Crippen molar-refractivity contribution in [2.24, 2.45) is 0 Å². The molecule has 0 radical (unpaired) electrons. The monoisotopic (exact) mass is 338 g/mol. The summed E-state index contributed by atoms with van der Waals surface area (Å²) < 4.78 is 0.107. The zero-order valence-corrected chi connectivity index (χ0v) is 7.44. The Morgan fingerprint density at radius 1 is 1.40 bits per heavy atom. The summed E-state index contributed by atoms with van der Waals surface area (Å²) in [6.45, 7) is 0. The molecular weight excluding hydrogens is 338 g/mol. The summed E-state index contributed by atoms with van der Waals surface area (Å²) in [7, 11) is 0. The SMILES string of the molecule is O=C(I)I.[Fe]. The first-order valence-electron chi connectivity index (χ1n) is 0.582. The van der Waals surface area contributed by atoms with Crippen LogP contribution in [0.15, 0.2) is 0 Å². The molecule has 0 spiro atoms. The molecule has 5 heavy (non-hydrogen) atoms. The number of hydrogen-bond donors (Lipinski definition) is 0. The molecular formula is CFeI2O. The van der Waals surface area contributed by atoms with Crippen LogP contribution in [-0.2, 0) is 17.1 Å². The van der Waals surface area contributed by atoms with E-state index in [0.717, 1.165) is 0 Å². The Labute approximate surface area is 68.0 Å². The summed E-state index contributed by atoms with van der Waals surface area (Å²) in [4.78, 5) is 9.42. The van der Waals surface area contributed by atoms with Crippen molar-refractivity contribution in [3.63, 3.8) is 0 Å². The van der Waals surface area contributed by atoms with Crippen LogP contribution >= 0.6 is 45.2 Å². The van der Waals surface area contributed by atoms with Crippen LogP contribution in [0, 0.1) is 0 Å². The van der Waals surface area contributed by atoms with Gasteiger partial charge in [0.25, 0.3) is 1.80 Å². The van der Waals surface area contributed by atoms with E-state index in [9.17, 15) is 4.79 Å². The van der Waals surface area contributed by atoms with Gasteiger partial charge in [0.2, 0.25) is 0 Å². The molecule has 0 aromatic heterocycles. The van der Waals surface area contributed by atoms with Crippen LogP contribution in [0.4, 0.5) is 4.79 Å². The van der Waals surface area contributed by atoms with Crippen LogP contribution in [0.1, 0.15) is 0 Å². The Morgan fingerprint density at radius 3 is 1.40 bits per heavy atom. The molecule has 0 bridgehead atoms. The molecule has 0 aliphatic heterocycles. The van der Waals surface area contributed by atoms with E-state index in [0.29, 0.717) is 0 Å². The van der Waals surface area contributed by atoms with Gasteiger partial charge < -0.3 is 0 Å². The molecule has 0 heterocycles. The predicted molar refractivity (Wildman–Crippen MR) is 33.4 cm³/mol. The Balaban J connectivity index is 0. The topological polar surface area (TPSA) is 17.1 Å². The second kappa shape index (κ2) is 5.65. The molecule has 0 rings (SSSR count). The molecule has 0 N–H and O–H groups in total. The predicted octanol–water partition coefficient (Wildman–Crippen LogP) is 1.97. The summed E-state index contributed by atoms with van der Waals surface area (Å²) in [6, 6.07) is 0. The smallest absolute Gasteiger partial charge is 0.251 e. The zero-order valence-electron chi connectivity index (χ0n) is 2.02. The standard InChI is InChI=1S/CI2O.Fe/c2-1(3)4;. The molecule has 0 amide bonds. The van der Waals surface area contributed by atoms with Crippen LogP contribution in [0.3, 0.4) is 0 Å². The molecule has 0 aromatic carbocycles. The fourth-order valence-corrected chi connectivity index (χ4v) is 0. The van der Waals surface area contributed by atoms with Crippen molar-refractivity contribution in [1.29, 1.82) is 0 Å². The normalized spacial score (nSPS) is 5.20. The molecule has 0 fully saturated rings. The third-order valence-electron chi connectivity index (χ3n) is 0. The Morgan fingerprint density at radius 2 is 1.40 bits per heavy atom. The van der Waals surface area contributed by atoms with E-state index >= 15 is 0 Å². The third-order valence-corrected chi connectivity index (χ3v) is 0. The average molecular weight is 338 g/mol. The minimum Gasteiger partial charge on any atom is -0.276 e. The van der Waals surface area contributed by atoms with Crippen molar-refractivity contribution in [1.82, 2.24) is 0 Å². The van der Waals surface area contributed by atoms with Gasteiger partial charge in [-0.15, -0.1) is 0 Å². The van der Waals surface area contributed by atoms with E-state index in [2.05, 4.69) is 0 Å². The molecule has 32 valence electrons. The number of rotatable bonds is 0. The molecule has 0 saturated carbocycles. The van der Waals surface area contributed by atoms with Crippen LogP contribution in [-0.4, -0.2) is 1.80 Å². The molecule has 0 saturated heterocycles.